The molecule has 0 spiro atoms. The van der Waals surface area contributed by atoms with Crippen LogP contribution in [0.1, 0.15) is 10.5 Å². The van der Waals surface area contributed by atoms with Crippen molar-refractivity contribution in [2.75, 3.05) is 4.31 Å². The lowest BCUT2D eigenvalue weighted by atomic mass is 10.3. The minimum Gasteiger partial charge on any atom is -0.476 e. The van der Waals surface area contributed by atoms with E-state index in [4.69, 9.17) is 16.7 Å². The maximum Gasteiger partial charge on any atom is 0.365 e. The molecule has 0 radical (unpaired) electrons. The molecule has 0 saturated carbocycles. The number of thiazole rings is 1. The van der Waals surface area contributed by atoms with Crippen molar-refractivity contribution in [3.05, 3.63) is 40.5 Å². The number of carboxylic acid groups (broad SMARTS) is 1. The molecule has 2 rings (SSSR count). The second-order valence-electron chi connectivity index (χ2n) is 3.50. The number of hydrogen-bond donors (Lipinski definition) is 2. The maximum atomic E-state index is 11.6. The first-order chi connectivity index (χ1) is 9.32. The van der Waals surface area contributed by atoms with Gasteiger partial charge < -0.3 is 5.11 Å². The third-order valence-electron chi connectivity index (χ3n) is 2.24. The molecule has 0 aliphatic rings. The van der Waals surface area contributed by atoms with Crippen molar-refractivity contribution < 1.29 is 22.9 Å². The highest BCUT2D eigenvalue weighted by Gasteiger charge is 2.30. The summed E-state index contributed by atoms with van der Waals surface area (Å²) in [4.78, 5) is 14.6. The van der Waals surface area contributed by atoms with E-state index in [2.05, 4.69) is 4.98 Å². The molecule has 0 unspecified atom stereocenters. The van der Waals surface area contributed by atoms with E-state index in [1.54, 1.807) is 6.07 Å². The van der Waals surface area contributed by atoms with Crippen molar-refractivity contribution in [2.45, 2.75) is 0 Å². The summed E-state index contributed by atoms with van der Waals surface area (Å²) >= 11 is 6.65. The van der Waals surface area contributed by atoms with E-state index < -0.39 is 22.0 Å². The Kier molecular flexibility index (Phi) is 3.95. The lowest BCUT2D eigenvalue weighted by molar-refractivity contribution is 0.0692. The SMILES string of the molecule is O=C(O)c1ncsc1N(c1ccccc1Cl)S(=O)(=O)O. The number of carboxylic acids is 1. The van der Waals surface area contributed by atoms with Gasteiger partial charge in [0, 0.05) is 0 Å². The molecule has 1 aromatic heterocycles. The van der Waals surface area contributed by atoms with Gasteiger partial charge in [0.1, 0.15) is 5.00 Å². The van der Waals surface area contributed by atoms with E-state index >= 15 is 0 Å². The van der Waals surface area contributed by atoms with E-state index in [9.17, 15) is 17.8 Å². The van der Waals surface area contributed by atoms with E-state index in [0.717, 1.165) is 16.8 Å². The lowest BCUT2D eigenvalue weighted by Gasteiger charge is -2.20. The number of benzene rings is 1. The van der Waals surface area contributed by atoms with Crippen LogP contribution in [-0.2, 0) is 10.3 Å². The van der Waals surface area contributed by atoms with Gasteiger partial charge in [-0.3, -0.25) is 4.55 Å². The van der Waals surface area contributed by atoms with Crippen molar-refractivity contribution >= 4 is 49.9 Å². The molecule has 2 aromatic rings. The van der Waals surface area contributed by atoms with Gasteiger partial charge in [0.2, 0.25) is 0 Å². The Morgan fingerprint density at radius 2 is 2.00 bits per heavy atom. The van der Waals surface area contributed by atoms with Crippen LogP contribution in [0.4, 0.5) is 10.7 Å². The van der Waals surface area contributed by atoms with E-state index in [-0.39, 0.29) is 15.7 Å². The van der Waals surface area contributed by atoms with Crippen molar-refractivity contribution in [3.63, 3.8) is 0 Å². The smallest absolute Gasteiger partial charge is 0.365 e. The van der Waals surface area contributed by atoms with Crippen molar-refractivity contribution in [1.29, 1.82) is 0 Å². The topological polar surface area (TPSA) is 108 Å². The van der Waals surface area contributed by atoms with Gasteiger partial charge >= 0.3 is 16.3 Å². The minimum absolute atomic E-state index is 0.0369. The van der Waals surface area contributed by atoms with Gasteiger partial charge in [-0.1, -0.05) is 23.7 Å². The van der Waals surface area contributed by atoms with Gasteiger partial charge in [-0.25, -0.2) is 14.1 Å². The van der Waals surface area contributed by atoms with Crippen LogP contribution in [-0.4, -0.2) is 29.0 Å². The molecular formula is C10H7ClN2O5S2. The Labute approximate surface area is 122 Å². The summed E-state index contributed by atoms with van der Waals surface area (Å²) in [6.07, 6.45) is 0. The van der Waals surface area contributed by atoms with Crippen LogP contribution < -0.4 is 4.31 Å². The van der Waals surface area contributed by atoms with Crippen molar-refractivity contribution in [3.8, 4) is 0 Å². The summed E-state index contributed by atoms with van der Waals surface area (Å²) < 4.78 is 32.9. The standard InChI is InChI=1S/C10H7ClN2O5S2/c11-6-3-1-2-4-7(6)13(20(16,17)18)9-8(10(14)15)12-5-19-9/h1-5H,(H,14,15)(H,16,17,18). The highest BCUT2D eigenvalue weighted by Crippen LogP contribution is 2.37. The molecule has 20 heavy (non-hydrogen) atoms. The summed E-state index contributed by atoms with van der Waals surface area (Å²) in [5.74, 6) is -1.41. The van der Waals surface area contributed by atoms with Crippen LogP contribution in [0.15, 0.2) is 29.8 Å². The molecule has 0 saturated heterocycles. The number of halogens is 1. The van der Waals surface area contributed by atoms with Gasteiger partial charge in [0.15, 0.2) is 5.69 Å². The summed E-state index contributed by atoms with van der Waals surface area (Å²) in [5.41, 5.74) is 0.601. The number of carbonyl (C=O) groups is 1. The molecule has 106 valence electrons. The number of hydrogen-bond acceptors (Lipinski definition) is 5. The molecule has 1 heterocycles. The number of nitrogens with zero attached hydrogens (tertiary/aromatic N) is 2. The van der Waals surface area contributed by atoms with E-state index in [0.29, 0.717) is 4.31 Å². The molecule has 2 N–H and O–H groups in total. The Morgan fingerprint density at radius 1 is 1.35 bits per heavy atom. The zero-order chi connectivity index (χ0) is 14.9. The zero-order valence-corrected chi connectivity index (χ0v) is 12.0. The molecule has 0 bridgehead atoms. The third kappa shape index (κ3) is 2.75. The van der Waals surface area contributed by atoms with E-state index in [1.807, 2.05) is 0 Å². The van der Waals surface area contributed by atoms with E-state index in [1.165, 1.54) is 18.2 Å². The molecule has 0 aliphatic heterocycles. The average Bonchev–Trinajstić information content (AvgIpc) is 2.79. The Morgan fingerprint density at radius 3 is 2.55 bits per heavy atom. The van der Waals surface area contributed by atoms with Crippen LogP contribution in [0.25, 0.3) is 0 Å². The van der Waals surface area contributed by atoms with Gasteiger partial charge in [-0.05, 0) is 12.1 Å². The van der Waals surface area contributed by atoms with Crippen LogP contribution in [0.5, 0.6) is 0 Å². The predicted octanol–water partition coefficient (Wildman–Crippen LogP) is 2.44. The van der Waals surface area contributed by atoms with Crippen molar-refractivity contribution in [2.24, 2.45) is 0 Å². The Balaban J connectivity index is 2.70. The number of aromatic carboxylic acids is 1. The van der Waals surface area contributed by atoms with Crippen LogP contribution in [0.2, 0.25) is 5.02 Å². The molecule has 0 fully saturated rings. The summed E-state index contributed by atoms with van der Waals surface area (Å²) in [6.45, 7) is 0. The lowest BCUT2D eigenvalue weighted by Crippen LogP contribution is -2.26. The van der Waals surface area contributed by atoms with Crippen LogP contribution in [0.3, 0.4) is 0 Å². The first-order valence-corrected chi connectivity index (χ1v) is 7.67. The largest absolute Gasteiger partial charge is 0.476 e. The summed E-state index contributed by atoms with van der Waals surface area (Å²) in [6, 6.07) is 5.82. The predicted molar refractivity (Wildman–Crippen MR) is 74.2 cm³/mol. The van der Waals surface area contributed by atoms with Crippen LogP contribution in [0, 0.1) is 0 Å². The molecule has 0 atom stereocenters. The Bertz CT molecular complexity index is 759. The zero-order valence-electron chi connectivity index (χ0n) is 9.59. The highest BCUT2D eigenvalue weighted by atomic mass is 35.5. The highest BCUT2D eigenvalue weighted by molar-refractivity contribution is 7.87. The van der Waals surface area contributed by atoms with Gasteiger partial charge in [-0.2, -0.15) is 8.42 Å². The molecule has 1 aromatic carbocycles. The third-order valence-corrected chi connectivity index (χ3v) is 4.32. The maximum absolute atomic E-state index is 11.6. The number of anilines is 2. The first-order valence-electron chi connectivity index (χ1n) is 5.01. The molecule has 0 aliphatic carbocycles. The summed E-state index contributed by atoms with van der Waals surface area (Å²) in [5, 5.41) is 8.77. The minimum atomic E-state index is -4.76. The van der Waals surface area contributed by atoms with Gasteiger partial charge in [0.05, 0.1) is 16.2 Å². The normalized spacial score (nSPS) is 11.3. The molecule has 0 amide bonds. The fourth-order valence-corrected chi connectivity index (χ4v) is 3.58. The Hall–Kier alpha value is -1.68. The molecule has 7 nitrogen and oxygen atoms in total. The fourth-order valence-electron chi connectivity index (χ4n) is 1.49. The second kappa shape index (κ2) is 5.37. The van der Waals surface area contributed by atoms with Gasteiger partial charge in [-0.15, -0.1) is 11.3 Å². The van der Waals surface area contributed by atoms with Crippen molar-refractivity contribution in [1.82, 2.24) is 4.98 Å². The van der Waals surface area contributed by atoms with Crippen LogP contribution >= 0.6 is 22.9 Å². The monoisotopic (exact) mass is 334 g/mol. The fraction of sp³-hybridized carbons (Fsp3) is 0. The number of rotatable bonds is 4. The molecular weight excluding hydrogens is 328 g/mol. The van der Waals surface area contributed by atoms with Gasteiger partial charge in [0.25, 0.3) is 0 Å². The number of para-hydroxylation sites is 1. The average molecular weight is 335 g/mol. The second-order valence-corrected chi connectivity index (χ2v) is 6.01. The molecule has 10 heteroatoms. The quantitative estimate of drug-likeness (QED) is 0.831. The number of aromatic nitrogens is 1. The first kappa shape index (κ1) is 14.7. The summed E-state index contributed by atoms with van der Waals surface area (Å²) in [7, 11) is -4.76.